The van der Waals surface area contributed by atoms with Gasteiger partial charge in [-0.3, -0.25) is 24.5 Å². The number of carbonyl (C=O) groups excluding carboxylic acids is 4. The number of halogens is 4. The van der Waals surface area contributed by atoms with Crippen LogP contribution in [0, 0.1) is 11.8 Å². The molecule has 1 spiro atoms. The Balaban J connectivity index is 1.65. The molecule has 182 valence electrons. The minimum Gasteiger partial charge on any atom is -0.370 e. The Labute approximate surface area is 201 Å². The molecule has 2 fully saturated rings. The van der Waals surface area contributed by atoms with Gasteiger partial charge in [0, 0.05) is 23.7 Å². The lowest BCUT2D eigenvalue weighted by molar-refractivity contribution is -0.137. The summed E-state index contributed by atoms with van der Waals surface area (Å²) in [7, 11) is 0. The van der Waals surface area contributed by atoms with Crippen LogP contribution in [0.4, 0.5) is 24.5 Å². The van der Waals surface area contributed by atoms with Crippen LogP contribution in [0.3, 0.4) is 0 Å². The molecule has 2 saturated heterocycles. The molecule has 4 amide bonds. The summed E-state index contributed by atoms with van der Waals surface area (Å²) in [5, 5.41) is 5.59. The summed E-state index contributed by atoms with van der Waals surface area (Å²) >= 11 is 6.14. The van der Waals surface area contributed by atoms with E-state index < -0.39 is 64.5 Å². The van der Waals surface area contributed by atoms with Crippen LogP contribution in [-0.2, 0) is 30.9 Å². The first-order valence-corrected chi connectivity index (χ1v) is 11.1. The molecule has 0 radical (unpaired) electrons. The zero-order valence-electron chi connectivity index (χ0n) is 17.9. The fourth-order valence-corrected chi connectivity index (χ4v) is 5.60. The average Bonchev–Trinajstić information content (AvgIpc) is 3.37. The fourth-order valence-electron chi connectivity index (χ4n) is 5.40. The number of alkyl halides is 3. The predicted octanol–water partition coefficient (Wildman–Crippen LogP) is 2.55. The number of fused-ring (bicyclic) bond motifs is 4. The van der Waals surface area contributed by atoms with Gasteiger partial charge in [0.1, 0.15) is 5.54 Å². The SMILES string of the molecule is NC(=O)CCC1NC2(C(=O)Nc3ccccc32)C2C(=O)N(c3cc(C(F)(F)F)ccc3Cl)C(=O)C12. The number of carbonyl (C=O) groups is 4. The van der Waals surface area contributed by atoms with Crippen molar-refractivity contribution in [3.63, 3.8) is 0 Å². The normalized spacial score (nSPS) is 27.4. The quantitative estimate of drug-likeness (QED) is 0.550. The van der Waals surface area contributed by atoms with Crippen LogP contribution in [-0.4, -0.2) is 29.7 Å². The molecule has 0 bridgehead atoms. The largest absolute Gasteiger partial charge is 0.416 e. The van der Waals surface area contributed by atoms with Gasteiger partial charge in [0.2, 0.25) is 23.6 Å². The topological polar surface area (TPSA) is 122 Å². The van der Waals surface area contributed by atoms with Crippen LogP contribution in [0.25, 0.3) is 0 Å². The lowest BCUT2D eigenvalue weighted by Gasteiger charge is -2.29. The van der Waals surface area contributed by atoms with Crippen molar-refractivity contribution in [1.82, 2.24) is 5.32 Å². The molecule has 5 rings (SSSR count). The summed E-state index contributed by atoms with van der Waals surface area (Å²) in [5.74, 6) is -5.30. The Hall–Kier alpha value is -3.44. The van der Waals surface area contributed by atoms with E-state index in [2.05, 4.69) is 10.6 Å². The molecule has 12 heteroatoms. The van der Waals surface area contributed by atoms with E-state index in [9.17, 15) is 32.3 Å². The van der Waals surface area contributed by atoms with E-state index in [1.54, 1.807) is 24.3 Å². The van der Waals surface area contributed by atoms with Crippen LogP contribution < -0.4 is 21.3 Å². The monoisotopic (exact) mass is 506 g/mol. The zero-order chi connectivity index (χ0) is 25.3. The van der Waals surface area contributed by atoms with E-state index in [1.807, 2.05) is 0 Å². The van der Waals surface area contributed by atoms with Crippen molar-refractivity contribution in [2.45, 2.75) is 30.6 Å². The van der Waals surface area contributed by atoms with Crippen LogP contribution in [0.15, 0.2) is 42.5 Å². The van der Waals surface area contributed by atoms with Gasteiger partial charge in [-0.1, -0.05) is 29.8 Å². The number of rotatable bonds is 4. The molecule has 2 aromatic carbocycles. The Morgan fingerprint density at radius 1 is 1.11 bits per heavy atom. The summed E-state index contributed by atoms with van der Waals surface area (Å²) in [4.78, 5) is 52.8. The van der Waals surface area contributed by atoms with Gasteiger partial charge < -0.3 is 11.1 Å². The van der Waals surface area contributed by atoms with E-state index in [-0.39, 0.29) is 17.9 Å². The second-order valence-corrected chi connectivity index (χ2v) is 9.15. The Morgan fingerprint density at radius 2 is 1.83 bits per heavy atom. The number of nitrogens with zero attached hydrogens (tertiary/aromatic N) is 1. The Kier molecular flexibility index (Phi) is 5.19. The van der Waals surface area contributed by atoms with E-state index >= 15 is 0 Å². The summed E-state index contributed by atoms with van der Waals surface area (Å²) in [6, 6.07) is 8.14. The van der Waals surface area contributed by atoms with E-state index in [4.69, 9.17) is 17.3 Å². The Bertz CT molecular complexity index is 1300. The number of anilines is 2. The van der Waals surface area contributed by atoms with E-state index in [1.165, 1.54) is 0 Å². The Morgan fingerprint density at radius 3 is 2.51 bits per heavy atom. The molecule has 4 N–H and O–H groups in total. The number of primary amides is 1. The lowest BCUT2D eigenvalue weighted by Crippen LogP contribution is -2.53. The molecule has 35 heavy (non-hydrogen) atoms. The first-order chi connectivity index (χ1) is 16.5. The van der Waals surface area contributed by atoms with Crippen molar-refractivity contribution in [2.24, 2.45) is 17.6 Å². The first-order valence-electron chi connectivity index (χ1n) is 10.7. The van der Waals surface area contributed by atoms with Crippen molar-refractivity contribution < 1.29 is 32.3 Å². The van der Waals surface area contributed by atoms with Gasteiger partial charge >= 0.3 is 6.18 Å². The number of nitrogens with one attached hydrogen (secondary N) is 2. The third-order valence-corrected chi connectivity index (χ3v) is 7.16. The maximum atomic E-state index is 13.8. The third-order valence-electron chi connectivity index (χ3n) is 6.84. The van der Waals surface area contributed by atoms with Crippen molar-refractivity contribution in [3.05, 3.63) is 58.6 Å². The van der Waals surface area contributed by atoms with Gasteiger partial charge in [0.25, 0.3) is 0 Å². The smallest absolute Gasteiger partial charge is 0.370 e. The maximum absolute atomic E-state index is 13.8. The van der Waals surface area contributed by atoms with Crippen molar-refractivity contribution in [3.8, 4) is 0 Å². The minimum atomic E-state index is -4.74. The molecule has 2 aromatic rings. The highest BCUT2D eigenvalue weighted by Gasteiger charge is 2.70. The fraction of sp³-hybridized carbons (Fsp3) is 0.304. The summed E-state index contributed by atoms with van der Waals surface area (Å²) < 4.78 is 40.1. The molecule has 4 unspecified atom stereocenters. The maximum Gasteiger partial charge on any atom is 0.416 e. The average molecular weight is 507 g/mol. The second kappa shape index (κ2) is 7.79. The number of imide groups is 1. The van der Waals surface area contributed by atoms with Crippen LogP contribution in [0.1, 0.15) is 24.0 Å². The van der Waals surface area contributed by atoms with E-state index in [0.29, 0.717) is 22.2 Å². The molecule has 3 aliphatic rings. The third kappa shape index (κ3) is 3.33. The highest BCUT2D eigenvalue weighted by atomic mass is 35.5. The lowest BCUT2D eigenvalue weighted by atomic mass is 9.76. The van der Waals surface area contributed by atoms with Crippen LogP contribution in [0.5, 0.6) is 0 Å². The number of amides is 4. The van der Waals surface area contributed by atoms with Gasteiger partial charge in [-0.05, 0) is 30.7 Å². The minimum absolute atomic E-state index is 0.0386. The van der Waals surface area contributed by atoms with Gasteiger partial charge in [-0.25, -0.2) is 4.90 Å². The number of para-hydroxylation sites is 1. The van der Waals surface area contributed by atoms with Gasteiger partial charge in [-0.15, -0.1) is 0 Å². The molecule has 8 nitrogen and oxygen atoms in total. The zero-order valence-corrected chi connectivity index (χ0v) is 18.6. The molecule has 4 atom stereocenters. The number of benzene rings is 2. The summed E-state index contributed by atoms with van der Waals surface area (Å²) in [5.41, 5.74) is 3.00. The van der Waals surface area contributed by atoms with Crippen molar-refractivity contribution in [2.75, 3.05) is 10.2 Å². The standard InChI is InChI=1S/C23H18ClF3N4O4/c24-12-6-5-10(23(25,26)27)9-15(12)31-19(33)17-14(7-8-16(28)32)30-22(18(17)20(31)34)11-3-1-2-4-13(11)29-21(22)35/h1-6,9,14,17-18,30H,7-8H2,(H2,28,32)(H,29,35). The van der Waals surface area contributed by atoms with Gasteiger partial charge in [0.15, 0.2) is 0 Å². The van der Waals surface area contributed by atoms with Crippen LogP contribution in [0.2, 0.25) is 5.02 Å². The highest BCUT2D eigenvalue weighted by Crippen LogP contribution is 2.54. The molecule has 0 aliphatic carbocycles. The molecule has 0 saturated carbocycles. The van der Waals surface area contributed by atoms with Crippen molar-refractivity contribution in [1.29, 1.82) is 0 Å². The highest BCUT2D eigenvalue weighted by molar-refractivity contribution is 6.36. The second-order valence-electron chi connectivity index (χ2n) is 8.74. The summed E-state index contributed by atoms with van der Waals surface area (Å²) in [6.07, 6.45) is -4.83. The number of hydrogen-bond acceptors (Lipinski definition) is 5. The molecular formula is C23H18ClF3N4O4. The predicted molar refractivity (Wildman–Crippen MR) is 118 cm³/mol. The molecule has 3 aliphatic heterocycles. The van der Waals surface area contributed by atoms with Crippen LogP contribution >= 0.6 is 11.6 Å². The first kappa shape index (κ1) is 23.3. The summed E-state index contributed by atoms with van der Waals surface area (Å²) in [6.45, 7) is 0. The van der Waals surface area contributed by atoms with Gasteiger partial charge in [0.05, 0.1) is 28.1 Å². The van der Waals surface area contributed by atoms with E-state index in [0.717, 1.165) is 12.1 Å². The van der Waals surface area contributed by atoms with Crippen molar-refractivity contribution >= 4 is 46.6 Å². The number of hydrogen-bond donors (Lipinski definition) is 3. The van der Waals surface area contributed by atoms with Gasteiger partial charge in [-0.2, -0.15) is 13.2 Å². The molecule has 0 aromatic heterocycles. The number of nitrogens with two attached hydrogens (primary N) is 1. The molecule has 3 heterocycles. The molecular weight excluding hydrogens is 489 g/mol.